The molecule has 4 heteroatoms. The third-order valence-corrected chi connectivity index (χ3v) is 1.26. The van der Waals surface area contributed by atoms with Gasteiger partial charge in [0, 0.05) is 12.3 Å². The molecule has 0 aromatic carbocycles. The Labute approximate surface area is 74.3 Å². The van der Waals surface area contributed by atoms with Crippen molar-refractivity contribution >= 4 is 5.97 Å². The van der Waals surface area contributed by atoms with Crippen LogP contribution < -0.4 is 4.74 Å². The van der Waals surface area contributed by atoms with Crippen molar-refractivity contribution in [3.63, 3.8) is 0 Å². The number of methoxy groups -OCH3 is 2. The molecule has 0 atom stereocenters. The van der Waals surface area contributed by atoms with Gasteiger partial charge in [-0.05, 0) is 6.07 Å². The molecule has 0 radical (unpaired) electrons. The maximum Gasteiger partial charge on any atom is 0.338 e. The van der Waals surface area contributed by atoms with Gasteiger partial charge in [-0.3, -0.25) is 0 Å². The number of rotatable bonds is 2. The van der Waals surface area contributed by atoms with Crippen molar-refractivity contribution in [1.29, 1.82) is 0 Å². The third-order valence-electron chi connectivity index (χ3n) is 1.26. The van der Waals surface area contributed by atoms with Crippen molar-refractivity contribution in [2.75, 3.05) is 14.1 Å². The highest BCUT2D eigenvalue weighted by Gasteiger charge is 2.05. The van der Waals surface area contributed by atoms with Gasteiger partial charge >= 0.3 is 5.97 Å². The zero-order chi connectivity index (χ0) is 11.5. The van der Waals surface area contributed by atoms with Gasteiger partial charge in [-0.2, -0.15) is 0 Å². The van der Waals surface area contributed by atoms with Crippen molar-refractivity contribution in [2.24, 2.45) is 0 Å². The van der Waals surface area contributed by atoms with Crippen LogP contribution in [-0.4, -0.2) is 25.1 Å². The average Bonchev–Trinajstić information content (AvgIpc) is 2.14. The summed E-state index contributed by atoms with van der Waals surface area (Å²) in [5, 5.41) is 0. The Kier molecular flexibility index (Phi) is 1.59. The molecule has 1 aromatic rings. The average molecular weight is 170 g/mol. The summed E-state index contributed by atoms with van der Waals surface area (Å²) in [5.74, 6) is -0.717. The van der Waals surface area contributed by atoms with Gasteiger partial charge in [0.25, 0.3) is 0 Å². The van der Waals surface area contributed by atoms with Crippen LogP contribution in [0.5, 0.6) is 5.88 Å². The first-order valence-electron chi connectivity index (χ1n) is 4.66. The van der Waals surface area contributed by atoms with Crippen LogP contribution in [0.15, 0.2) is 18.3 Å². The number of esters is 1. The van der Waals surface area contributed by atoms with Crippen LogP contribution in [0.1, 0.15) is 14.5 Å². The minimum absolute atomic E-state index is 0.141. The van der Waals surface area contributed by atoms with Gasteiger partial charge in [-0.25, -0.2) is 9.78 Å². The molecule has 0 aliphatic rings. The minimum Gasteiger partial charge on any atom is -0.481 e. The molecular weight excluding hydrogens is 158 g/mol. The smallest absolute Gasteiger partial charge is 0.338 e. The van der Waals surface area contributed by atoms with E-state index < -0.39 is 13.0 Å². The predicted molar refractivity (Wildman–Crippen MR) is 42.1 cm³/mol. The quantitative estimate of drug-likeness (QED) is 0.618. The van der Waals surface area contributed by atoms with E-state index in [4.69, 9.17) is 4.11 Å². The van der Waals surface area contributed by atoms with Crippen LogP contribution in [0.4, 0.5) is 0 Å². The summed E-state index contributed by atoms with van der Waals surface area (Å²) in [6, 6.07) is 2.61. The van der Waals surface area contributed by atoms with E-state index in [0.29, 0.717) is 0 Å². The van der Waals surface area contributed by atoms with E-state index in [2.05, 4.69) is 14.5 Å². The normalized spacial score (nSPS) is 13.9. The van der Waals surface area contributed by atoms with E-state index in [9.17, 15) is 4.79 Å². The minimum atomic E-state index is -2.58. The van der Waals surface area contributed by atoms with Crippen molar-refractivity contribution in [2.45, 2.75) is 0 Å². The second-order valence-electron chi connectivity index (χ2n) is 1.98. The van der Waals surface area contributed by atoms with Crippen molar-refractivity contribution < 1.29 is 18.4 Å². The van der Waals surface area contributed by atoms with E-state index in [0.717, 1.165) is 0 Å². The summed E-state index contributed by atoms with van der Waals surface area (Å²) in [5.41, 5.74) is 0.187. The van der Waals surface area contributed by atoms with E-state index in [1.807, 2.05) is 0 Å². The lowest BCUT2D eigenvalue weighted by Crippen LogP contribution is -2.01. The summed E-state index contributed by atoms with van der Waals surface area (Å²) in [6.45, 7) is 0. The molecule has 1 rings (SSSR count). The highest BCUT2D eigenvalue weighted by molar-refractivity contribution is 5.89. The van der Waals surface area contributed by atoms with Crippen molar-refractivity contribution in [1.82, 2.24) is 4.98 Å². The molecule has 0 amide bonds. The maximum atomic E-state index is 11.1. The molecule has 64 valence electrons. The Bertz CT molecular complexity index is 364. The van der Waals surface area contributed by atoms with Crippen molar-refractivity contribution in [3.05, 3.63) is 23.9 Å². The molecule has 0 N–H and O–H groups in total. The lowest BCUT2D eigenvalue weighted by Gasteiger charge is -2.00. The lowest BCUT2D eigenvalue weighted by molar-refractivity contribution is 0.0600. The van der Waals surface area contributed by atoms with Crippen LogP contribution in [0.3, 0.4) is 0 Å². The highest BCUT2D eigenvalue weighted by atomic mass is 16.5. The number of aromatic nitrogens is 1. The van der Waals surface area contributed by atoms with E-state index in [1.165, 1.54) is 25.4 Å². The van der Waals surface area contributed by atoms with Crippen LogP contribution in [0.2, 0.25) is 0 Å². The van der Waals surface area contributed by atoms with Crippen LogP contribution in [0.25, 0.3) is 0 Å². The zero-order valence-corrected chi connectivity index (χ0v) is 6.40. The third kappa shape index (κ3) is 1.72. The number of ether oxygens (including phenoxy) is 2. The first-order chi connectivity index (χ1) is 6.92. The fourth-order valence-corrected chi connectivity index (χ4v) is 0.710. The molecule has 0 spiro atoms. The topological polar surface area (TPSA) is 48.4 Å². The van der Waals surface area contributed by atoms with Gasteiger partial charge in [0.2, 0.25) is 5.88 Å². The molecule has 0 fully saturated rings. The first-order valence-corrected chi connectivity index (χ1v) is 3.16. The number of nitrogens with zero attached hydrogens (tertiary/aromatic N) is 1. The molecule has 12 heavy (non-hydrogen) atoms. The van der Waals surface area contributed by atoms with E-state index in [-0.39, 0.29) is 11.4 Å². The SMILES string of the molecule is [2H]C([2H])([2H])Oc1cc(C(=O)OC)ccn1. The fourth-order valence-electron chi connectivity index (χ4n) is 0.710. The molecule has 0 saturated carbocycles. The Morgan fingerprint density at radius 2 is 2.58 bits per heavy atom. The van der Waals surface area contributed by atoms with Gasteiger partial charge in [-0.15, -0.1) is 0 Å². The Morgan fingerprint density at radius 1 is 1.75 bits per heavy atom. The summed E-state index contributed by atoms with van der Waals surface area (Å²) in [7, 11) is -1.35. The molecule has 0 saturated heterocycles. The second kappa shape index (κ2) is 3.71. The Hall–Kier alpha value is -1.58. The highest BCUT2D eigenvalue weighted by Crippen LogP contribution is 2.08. The molecular formula is C8H9NO3. The van der Waals surface area contributed by atoms with Crippen LogP contribution in [0, 0.1) is 0 Å². The maximum absolute atomic E-state index is 11.1. The standard InChI is InChI=1S/C8H9NO3/c1-11-7-5-6(3-4-9-7)8(10)12-2/h3-5H,1-2H3/i1D3. The van der Waals surface area contributed by atoms with Crippen LogP contribution >= 0.6 is 0 Å². The number of hydrogen-bond donors (Lipinski definition) is 0. The molecule has 0 aliphatic carbocycles. The number of hydrogen-bond acceptors (Lipinski definition) is 4. The number of carbonyl (C=O) groups excluding carboxylic acids is 1. The Morgan fingerprint density at radius 3 is 3.25 bits per heavy atom. The molecule has 0 bridgehead atoms. The van der Waals surface area contributed by atoms with Crippen molar-refractivity contribution in [3.8, 4) is 5.88 Å². The lowest BCUT2D eigenvalue weighted by atomic mass is 10.3. The van der Waals surface area contributed by atoms with E-state index in [1.54, 1.807) is 0 Å². The summed E-state index contributed by atoms with van der Waals surface area (Å²) in [6.07, 6.45) is 1.27. The van der Waals surface area contributed by atoms with Gasteiger partial charge in [0.1, 0.15) is 0 Å². The molecule has 0 aliphatic heterocycles. The summed E-state index contributed by atoms with van der Waals surface area (Å²) in [4.78, 5) is 14.7. The van der Waals surface area contributed by atoms with Crippen LogP contribution in [-0.2, 0) is 4.74 Å². The molecule has 1 heterocycles. The number of pyridine rings is 1. The molecule has 4 nitrogen and oxygen atoms in total. The van der Waals surface area contributed by atoms with E-state index >= 15 is 0 Å². The molecule has 1 aromatic heterocycles. The second-order valence-corrected chi connectivity index (χ2v) is 1.98. The summed E-state index contributed by atoms with van der Waals surface area (Å²) >= 11 is 0. The monoisotopic (exact) mass is 170 g/mol. The zero-order valence-electron chi connectivity index (χ0n) is 9.40. The molecule has 0 unspecified atom stereocenters. The van der Waals surface area contributed by atoms with Gasteiger partial charge in [-0.1, -0.05) is 0 Å². The van der Waals surface area contributed by atoms with Gasteiger partial charge in [0.05, 0.1) is 23.8 Å². The summed E-state index contributed by atoms with van der Waals surface area (Å²) < 4.78 is 29.5. The number of carbonyl (C=O) groups is 1. The largest absolute Gasteiger partial charge is 0.481 e. The van der Waals surface area contributed by atoms with Gasteiger partial charge in [0.15, 0.2) is 0 Å². The fraction of sp³-hybridized carbons (Fsp3) is 0.250. The Balaban J connectivity index is 2.88. The predicted octanol–water partition coefficient (Wildman–Crippen LogP) is 0.877. The van der Waals surface area contributed by atoms with Gasteiger partial charge < -0.3 is 9.47 Å². The first kappa shape index (κ1) is 5.13.